The highest BCUT2D eigenvalue weighted by atomic mass is 35.5. The molecule has 1 saturated heterocycles. The van der Waals surface area contributed by atoms with E-state index < -0.39 is 0 Å². The summed E-state index contributed by atoms with van der Waals surface area (Å²) in [4.78, 5) is 14.3. The number of hydrogen-bond acceptors (Lipinski definition) is 2. The van der Waals surface area contributed by atoms with Crippen LogP contribution < -0.4 is 5.32 Å². The lowest BCUT2D eigenvalue weighted by molar-refractivity contribution is -0.126. The molecule has 3 nitrogen and oxygen atoms in total. The minimum absolute atomic E-state index is 0.0461. The van der Waals surface area contributed by atoms with E-state index >= 15 is 0 Å². The van der Waals surface area contributed by atoms with Crippen molar-refractivity contribution in [2.75, 3.05) is 19.6 Å². The van der Waals surface area contributed by atoms with E-state index in [0.29, 0.717) is 16.6 Å². The second kappa shape index (κ2) is 7.83. The zero-order chi connectivity index (χ0) is 15.2. The van der Waals surface area contributed by atoms with Crippen LogP contribution >= 0.6 is 23.2 Å². The number of nitrogens with zero attached hydrogens (tertiary/aromatic N) is 1. The number of piperidine rings is 1. The molecule has 1 amide bonds. The lowest BCUT2D eigenvalue weighted by Crippen LogP contribution is -2.42. The molecule has 1 aliphatic heterocycles. The molecule has 1 aromatic carbocycles. The summed E-state index contributed by atoms with van der Waals surface area (Å²) in [5.41, 5.74) is 1.05. The minimum atomic E-state index is 0.0461. The Morgan fingerprint density at radius 2 is 2.29 bits per heavy atom. The summed E-state index contributed by atoms with van der Waals surface area (Å²) in [5, 5.41) is 4.20. The van der Waals surface area contributed by atoms with E-state index in [2.05, 4.69) is 16.8 Å². The Morgan fingerprint density at radius 3 is 3.00 bits per heavy atom. The maximum atomic E-state index is 12.0. The molecule has 2 rings (SSSR count). The Morgan fingerprint density at radius 1 is 1.48 bits per heavy atom. The van der Waals surface area contributed by atoms with E-state index in [1.165, 1.54) is 0 Å². The van der Waals surface area contributed by atoms with Crippen LogP contribution in [0.25, 0.3) is 0 Å². The first-order valence-electron chi connectivity index (χ1n) is 7.15. The zero-order valence-electron chi connectivity index (χ0n) is 11.9. The normalized spacial score (nSPS) is 19.2. The summed E-state index contributed by atoms with van der Waals surface area (Å²) < 4.78 is 0. The van der Waals surface area contributed by atoms with Crippen molar-refractivity contribution < 1.29 is 4.79 Å². The molecule has 1 aromatic rings. The average Bonchev–Trinajstić information content (AvgIpc) is 2.48. The third-order valence-corrected chi connectivity index (χ3v) is 4.29. The number of carbonyl (C=O) groups is 1. The molecule has 0 radical (unpaired) electrons. The fourth-order valence-electron chi connectivity index (χ4n) is 2.62. The molecule has 1 aliphatic rings. The number of benzene rings is 1. The standard InChI is InChI=1S/C16H20Cl2N2O/c1-2-7-19-16(21)13-4-3-8-20(11-13)10-12-5-6-14(17)9-15(12)18/h2,5-6,9,13H,1,3-4,7-8,10-11H2,(H,19,21). The van der Waals surface area contributed by atoms with Crippen molar-refractivity contribution in [2.24, 2.45) is 5.92 Å². The maximum absolute atomic E-state index is 12.0. The van der Waals surface area contributed by atoms with Crippen molar-refractivity contribution >= 4 is 29.1 Å². The smallest absolute Gasteiger partial charge is 0.224 e. The van der Waals surface area contributed by atoms with Gasteiger partial charge >= 0.3 is 0 Å². The summed E-state index contributed by atoms with van der Waals surface area (Å²) in [5.74, 6) is 0.159. The van der Waals surface area contributed by atoms with Gasteiger partial charge in [0.05, 0.1) is 5.92 Å². The number of likely N-dealkylation sites (tertiary alicyclic amines) is 1. The molecule has 1 atom stereocenters. The van der Waals surface area contributed by atoms with Gasteiger partial charge in [-0.2, -0.15) is 0 Å². The number of hydrogen-bond donors (Lipinski definition) is 1. The van der Waals surface area contributed by atoms with Crippen LogP contribution in [0, 0.1) is 5.92 Å². The number of amides is 1. The highest BCUT2D eigenvalue weighted by Crippen LogP contribution is 2.24. The monoisotopic (exact) mass is 326 g/mol. The highest BCUT2D eigenvalue weighted by Gasteiger charge is 2.25. The lowest BCUT2D eigenvalue weighted by Gasteiger charge is -2.32. The predicted molar refractivity (Wildman–Crippen MR) is 87.7 cm³/mol. The van der Waals surface area contributed by atoms with Gasteiger partial charge in [-0.05, 0) is 37.1 Å². The Hall–Kier alpha value is -1.03. The van der Waals surface area contributed by atoms with Gasteiger partial charge in [0.1, 0.15) is 0 Å². The van der Waals surface area contributed by atoms with E-state index in [0.717, 1.165) is 38.0 Å². The summed E-state index contributed by atoms with van der Waals surface area (Å²) in [7, 11) is 0. The topological polar surface area (TPSA) is 32.3 Å². The van der Waals surface area contributed by atoms with E-state index in [9.17, 15) is 4.79 Å². The molecular formula is C16H20Cl2N2O. The number of carbonyl (C=O) groups excluding carboxylic acids is 1. The molecule has 0 spiro atoms. The molecule has 5 heteroatoms. The second-order valence-corrected chi connectivity index (χ2v) is 6.19. The van der Waals surface area contributed by atoms with Gasteiger partial charge < -0.3 is 5.32 Å². The van der Waals surface area contributed by atoms with Crippen LogP contribution in [0.2, 0.25) is 10.0 Å². The van der Waals surface area contributed by atoms with E-state index in [1.54, 1.807) is 12.1 Å². The van der Waals surface area contributed by atoms with Crippen molar-refractivity contribution in [1.29, 1.82) is 0 Å². The second-order valence-electron chi connectivity index (χ2n) is 5.34. The number of rotatable bonds is 5. The average molecular weight is 327 g/mol. The van der Waals surface area contributed by atoms with Crippen molar-refractivity contribution in [1.82, 2.24) is 10.2 Å². The van der Waals surface area contributed by atoms with Gasteiger partial charge in [0.2, 0.25) is 5.91 Å². The van der Waals surface area contributed by atoms with E-state index in [4.69, 9.17) is 23.2 Å². The molecular weight excluding hydrogens is 307 g/mol. The molecule has 0 aliphatic carbocycles. The fraction of sp³-hybridized carbons (Fsp3) is 0.438. The number of nitrogens with one attached hydrogen (secondary N) is 1. The van der Waals surface area contributed by atoms with Crippen LogP contribution in [0.5, 0.6) is 0 Å². The Kier molecular flexibility index (Phi) is 6.09. The third-order valence-electron chi connectivity index (χ3n) is 3.71. The SMILES string of the molecule is C=CCNC(=O)C1CCCN(Cc2ccc(Cl)cc2Cl)C1. The van der Waals surface area contributed by atoms with Crippen LogP contribution in [-0.2, 0) is 11.3 Å². The highest BCUT2D eigenvalue weighted by molar-refractivity contribution is 6.35. The third kappa shape index (κ3) is 4.73. The Labute approximate surface area is 135 Å². The quantitative estimate of drug-likeness (QED) is 0.840. The van der Waals surface area contributed by atoms with Gasteiger partial charge in [-0.25, -0.2) is 0 Å². The summed E-state index contributed by atoms with van der Waals surface area (Å²) >= 11 is 12.1. The Bertz CT molecular complexity index is 519. The van der Waals surface area contributed by atoms with Crippen molar-refractivity contribution in [3.8, 4) is 0 Å². The minimum Gasteiger partial charge on any atom is -0.352 e. The van der Waals surface area contributed by atoms with Gasteiger partial charge in [-0.1, -0.05) is 35.3 Å². The van der Waals surface area contributed by atoms with Crippen molar-refractivity contribution in [3.63, 3.8) is 0 Å². The predicted octanol–water partition coefficient (Wildman–Crippen LogP) is 3.51. The van der Waals surface area contributed by atoms with Crippen LogP contribution in [0.15, 0.2) is 30.9 Å². The van der Waals surface area contributed by atoms with Crippen LogP contribution in [-0.4, -0.2) is 30.4 Å². The molecule has 0 aromatic heterocycles. The first kappa shape index (κ1) is 16.3. The molecule has 114 valence electrons. The molecule has 1 heterocycles. The summed E-state index contributed by atoms with van der Waals surface area (Å²) in [6, 6.07) is 5.56. The molecule has 0 saturated carbocycles. The van der Waals surface area contributed by atoms with Crippen LogP contribution in [0.3, 0.4) is 0 Å². The lowest BCUT2D eigenvalue weighted by atomic mass is 9.96. The van der Waals surface area contributed by atoms with Gasteiger partial charge in [-0.15, -0.1) is 6.58 Å². The van der Waals surface area contributed by atoms with E-state index in [-0.39, 0.29) is 11.8 Å². The van der Waals surface area contributed by atoms with Crippen molar-refractivity contribution in [2.45, 2.75) is 19.4 Å². The zero-order valence-corrected chi connectivity index (χ0v) is 13.5. The van der Waals surface area contributed by atoms with Gasteiger partial charge in [0.25, 0.3) is 0 Å². The van der Waals surface area contributed by atoms with Crippen molar-refractivity contribution in [3.05, 3.63) is 46.5 Å². The van der Waals surface area contributed by atoms with Gasteiger partial charge in [0.15, 0.2) is 0 Å². The molecule has 21 heavy (non-hydrogen) atoms. The molecule has 1 fully saturated rings. The first-order valence-corrected chi connectivity index (χ1v) is 7.90. The largest absolute Gasteiger partial charge is 0.352 e. The maximum Gasteiger partial charge on any atom is 0.224 e. The van der Waals surface area contributed by atoms with Crippen LogP contribution in [0.1, 0.15) is 18.4 Å². The number of halogens is 2. The molecule has 1 unspecified atom stereocenters. The Balaban J connectivity index is 1.94. The first-order chi connectivity index (χ1) is 10.1. The summed E-state index contributed by atoms with van der Waals surface area (Å²) in [6.45, 7) is 6.65. The van der Waals surface area contributed by atoms with Gasteiger partial charge in [0, 0.05) is 29.7 Å². The fourth-order valence-corrected chi connectivity index (χ4v) is 3.09. The van der Waals surface area contributed by atoms with E-state index in [1.807, 2.05) is 12.1 Å². The molecule has 1 N–H and O–H groups in total. The van der Waals surface area contributed by atoms with Crippen LogP contribution in [0.4, 0.5) is 0 Å². The molecule has 0 bridgehead atoms. The van der Waals surface area contributed by atoms with Gasteiger partial charge in [-0.3, -0.25) is 9.69 Å². The summed E-state index contributed by atoms with van der Waals surface area (Å²) in [6.07, 6.45) is 3.66.